The predicted molar refractivity (Wildman–Crippen MR) is 126 cm³/mol. The van der Waals surface area contributed by atoms with Gasteiger partial charge in [-0.2, -0.15) is 0 Å². The van der Waals surface area contributed by atoms with E-state index in [1.54, 1.807) is 12.1 Å². The van der Waals surface area contributed by atoms with Crippen LogP contribution < -0.4 is 10.1 Å². The first-order valence-corrected chi connectivity index (χ1v) is 14.4. The Bertz CT molecular complexity index is 1130. The summed E-state index contributed by atoms with van der Waals surface area (Å²) in [6, 6.07) is 15.4. The molecule has 0 radical (unpaired) electrons. The smallest absolute Gasteiger partial charge is 0.183 e. The second kappa shape index (κ2) is 10.1. The number of methoxy groups -OCH3 is 1. The Hall–Kier alpha value is -1.98. The summed E-state index contributed by atoms with van der Waals surface area (Å²) in [6.07, 6.45) is 0. The predicted octanol–water partition coefficient (Wildman–Crippen LogP) is 1.30. The van der Waals surface area contributed by atoms with Crippen molar-refractivity contribution in [2.45, 2.75) is 22.2 Å². The van der Waals surface area contributed by atoms with Gasteiger partial charge in [0, 0.05) is 31.7 Å². The van der Waals surface area contributed by atoms with Gasteiger partial charge in [-0.1, -0.05) is 30.3 Å². The summed E-state index contributed by atoms with van der Waals surface area (Å²) in [5, 5.41) is 2.27. The highest BCUT2D eigenvalue weighted by atomic mass is 32.2. The Morgan fingerprint density at radius 3 is 2.36 bits per heavy atom. The molecule has 2 aromatic carbocycles. The van der Waals surface area contributed by atoms with E-state index in [2.05, 4.69) is 10.2 Å². The van der Waals surface area contributed by atoms with Gasteiger partial charge in [-0.05, 0) is 29.8 Å². The molecule has 10 heteroatoms. The van der Waals surface area contributed by atoms with Gasteiger partial charge in [-0.3, -0.25) is 4.90 Å². The number of hydrogen-bond donors (Lipinski definition) is 1. The fourth-order valence-electron chi connectivity index (χ4n) is 4.54. The molecule has 2 aliphatic heterocycles. The third-order valence-corrected chi connectivity index (χ3v) is 10.5. The van der Waals surface area contributed by atoms with Crippen LogP contribution in [-0.2, 0) is 24.4 Å². The van der Waals surface area contributed by atoms with Gasteiger partial charge in [-0.15, -0.1) is 0 Å². The summed E-state index contributed by atoms with van der Waals surface area (Å²) in [4.78, 5) is 2.40. The third-order valence-electron chi connectivity index (χ3n) is 6.33. The second-order valence-corrected chi connectivity index (χ2v) is 12.7. The average Bonchev–Trinajstić information content (AvgIpc) is 3.16. The first kappa shape index (κ1) is 24.2. The molecule has 2 heterocycles. The Labute approximate surface area is 195 Å². The highest BCUT2D eigenvalue weighted by molar-refractivity contribution is 7.96. The number of hydrogen-bond acceptors (Lipinski definition) is 8. The van der Waals surface area contributed by atoms with Gasteiger partial charge in [0.15, 0.2) is 19.7 Å². The van der Waals surface area contributed by atoms with Crippen molar-refractivity contribution in [3.8, 4) is 5.75 Å². The molecule has 4 rings (SSSR count). The summed E-state index contributed by atoms with van der Waals surface area (Å²) in [5.41, 5.74) is 1.10. The standard InChI is InChI=1S/C23H30N2O6S2/c1-30-19-7-9-20(10-8-19)33(28,29)23-17-32(26,27)16-21(23)24-15-22(18-5-3-2-4-6-18)25-11-13-31-14-12-25/h2-10,21-24H,11-17H2,1H3/t21-,22?,23-/m0/s1. The molecule has 3 atom stereocenters. The van der Waals surface area contributed by atoms with Crippen LogP contribution in [0, 0.1) is 0 Å². The van der Waals surface area contributed by atoms with Gasteiger partial charge in [0.25, 0.3) is 0 Å². The molecule has 2 aliphatic rings. The molecular formula is C23H30N2O6S2. The van der Waals surface area contributed by atoms with E-state index in [0.717, 1.165) is 18.7 Å². The van der Waals surface area contributed by atoms with Crippen LogP contribution in [0.2, 0.25) is 0 Å². The van der Waals surface area contributed by atoms with E-state index in [-0.39, 0.29) is 22.4 Å². The lowest BCUT2D eigenvalue weighted by molar-refractivity contribution is 0.0158. The molecule has 33 heavy (non-hydrogen) atoms. The molecule has 180 valence electrons. The molecule has 0 aliphatic carbocycles. The number of sulfone groups is 2. The van der Waals surface area contributed by atoms with E-state index in [1.807, 2.05) is 30.3 Å². The summed E-state index contributed by atoms with van der Waals surface area (Å²) in [7, 11) is -5.83. The van der Waals surface area contributed by atoms with E-state index in [9.17, 15) is 16.8 Å². The number of nitrogens with zero attached hydrogens (tertiary/aromatic N) is 1. The summed E-state index contributed by atoms with van der Waals surface area (Å²) in [6.45, 7) is 3.24. The van der Waals surface area contributed by atoms with Gasteiger partial charge in [0.05, 0.1) is 42.0 Å². The minimum Gasteiger partial charge on any atom is -0.497 e. The van der Waals surface area contributed by atoms with Crippen LogP contribution in [0.4, 0.5) is 0 Å². The van der Waals surface area contributed by atoms with E-state index < -0.39 is 31.0 Å². The molecule has 0 saturated carbocycles. The zero-order valence-corrected chi connectivity index (χ0v) is 20.2. The van der Waals surface area contributed by atoms with Crippen LogP contribution >= 0.6 is 0 Å². The van der Waals surface area contributed by atoms with Crippen molar-refractivity contribution >= 4 is 19.7 Å². The minimum absolute atomic E-state index is 0.0113. The van der Waals surface area contributed by atoms with E-state index in [1.165, 1.54) is 19.2 Å². The number of rotatable bonds is 8. The minimum atomic E-state index is -3.85. The van der Waals surface area contributed by atoms with Crippen LogP contribution in [0.25, 0.3) is 0 Å². The Kier molecular flexibility index (Phi) is 7.40. The highest BCUT2D eigenvalue weighted by Crippen LogP contribution is 2.28. The van der Waals surface area contributed by atoms with Crippen LogP contribution in [0.1, 0.15) is 11.6 Å². The van der Waals surface area contributed by atoms with Crippen molar-refractivity contribution in [3.05, 3.63) is 60.2 Å². The zero-order valence-electron chi connectivity index (χ0n) is 18.6. The fourth-order valence-corrected chi connectivity index (χ4v) is 9.25. The summed E-state index contributed by atoms with van der Waals surface area (Å²) < 4.78 is 62.3. The first-order valence-electron chi connectivity index (χ1n) is 11.0. The van der Waals surface area contributed by atoms with Crippen LogP contribution in [0.3, 0.4) is 0 Å². The Morgan fingerprint density at radius 1 is 1.06 bits per heavy atom. The molecule has 1 unspecified atom stereocenters. The van der Waals surface area contributed by atoms with E-state index in [0.29, 0.717) is 25.5 Å². The monoisotopic (exact) mass is 494 g/mol. The normalized spacial score (nSPS) is 24.4. The molecule has 2 saturated heterocycles. The van der Waals surface area contributed by atoms with Crippen LogP contribution in [0.5, 0.6) is 5.75 Å². The number of nitrogens with one attached hydrogen (secondary N) is 1. The molecule has 1 N–H and O–H groups in total. The lowest BCUT2D eigenvalue weighted by Gasteiger charge is -2.36. The van der Waals surface area contributed by atoms with Crippen molar-refractivity contribution in [1.29, 1.82) is 0 Å². The molecule has 0 amide bonds. The first-order chi connectivity index (χ1) is 15.8. The molecular weight excluding hydrogens is 464 g/mol. The highest BCUT2D eigenvalue weighted by Gasteiger charge is 2.46. The van der Waals surface area contributed by atoms with Crippen molar-refractivity contribution < 1.29 is 26.3 Å². The maximum Gasteiger partial charge on any atom is 0.183 e. The molecule has 2 aromatic rings. The molecule has 2 fully saturated rings. The maximum atomic E-state index is 13.4. The number of ether oxygens (including phenoxy) is 2. The van der Waals surface area contributed by atoms with Gasteiger partial charge in [0.2, 0.25) is 0 Å². The molecule has 0 bridgehead atoms. The van der Waals surface area contributed by atoms with Crippen molar-refractivity contribution in [2.24, 2.45) is 0 Å². The molecule has 0 aromatic heterocycles. The van der Waals surface area contributed by atoms with Gasteiger partial charge in [-0.25, -0.2) is 16.8 Å². The van der Waals surface area contributed by atoms with Crippen LogP contribution in [-0.4, -0.2) is 84.5 Å². The lowest BCUT2D eigenvalue weighted by Crippen LogP contribution is -2.48. The van der Waals surface area contributed by atoms with Gasteiger partial charge < -0.3 is 14.8 Å². The van der Waals surface area contributed by atoms with Crippen molar-refractivity contribution in [1.82, 2.24) is 10.2 Å². The van der Waals surface area contributed by atoms with Crippen molar-refractivity contribution in [2.75, 3.05) is 51.5 Å². The SMILES string of the molecule is COc1ccc(S(=O)(=O)[C@H]2CS(=O)(=O)C[C@@H]2NCC(c2ccccc2)N2CCOCC2)cc1. The zero-order chi connectivity index (χ0) is 23.5. The summed E-state index contributed by atoms with van der Waals surface area (Å²) >= 11 is 0. The van der Waals surface area contributed by atoms with Gasteiger partial charge in [0.1, 0.15) is 5.75 Å². The molecule has 8 nitrogen and oxygen atoms in total. The maximum absolute atomic E-state index is 13.4. The second-order valence-electron chi connectivity index (χ2n) is 8.43. The molecule has 0 spiro atoms. The van der Waals surface area contributed by atoms with E-state index in [4.69, 9.17) is 9.47 Å². The van der Waals surface area contributed by atoms with Crippen molar-refractivity contribution in [3.63, 3.8) is 0 Å². The number of benzene rings is 2. The quantitative estimate of drug-likeness (QED) is 0.586. The average molecular weight is 495 g/mol. The topological polar surface area (TPSA) is 102 Å². The fraction of sp³-hybridized carbons (Fsp3) is 0.478. The van der Waals surface area contributed by atoms with E-state index >= 15 is 0 Å². The lowest BCUT2D eigenvalue weighted by atomic mass is 10.0. The third kappa shape index (κ3) is 5.58. The largest absolute Gasteiger partial charge is 0.497 e. The number of morpholine rings is 1. The Morgan fingerprint density at radius 2 is 1.73 bits per heavy atom. The Balaban J connectivity index is 1.56. The summed E-state index contributed by atoms with van der Waals surface area (Å²) in [5.74, 6) is -0.0385. The van der Waals surface area contributed by atoms with Gasteiger partial charge >= 0.3 is 0 Å². The van der Waals surface area contributed by atoms with Crippen LogP contribution in [0.15, 0.2) is 59.5 Å².